The fraction of sp³-hybridized carbons (Fsp3) is 0.227. The van der Waals surface area contributed by atoms with Gasteiger partial charge in [0.1, 0.15) is 0 Å². The van der Waals surface area contributed by atoms with Crippen molar-refractivity contribution in [1.82, 2.24) is 20.5 Å². The normalized spacial score (nSPS) is 16.8. The Morgan fingerprint density at radius 2 is 1.86 bits per heavy atom. The molecular weight excluding hydrogens is 366 g/mol. The van der Waals surface area contributed by atoms with Gasteiger partial charge in [-0.1, -0.05) is 30.3 Å². The number of aromatic nitrogens is 3. The number of hydrogen-bond acceptors (Lipinski definition) is 3. The Morgan fingerprint density at radius 3 is 2.72 bits per heavy atom. The molecule has 29 heavy (non-hydrogen) atoms. The average molecular weight is 387 g/mol. The first-order valence-electron chi connectivity index (χ1n) is 9.77. The fourth-order valence-corrected chi connectivity index (χ4v) is 4.05. The summed E-state index contributed by atoms with van der Waals surface area (Å²) in [4.78, 5) is 30.0. The molecule has 1 fully saturated rings. The number of carbonyl (C=O) groups excluding carboxylic acids is 2. The van der Waals surface area contributed by atoms with Gasteiger partial charge in [-0.2, -0.15) is 5.10 Å². The lowest BCUT2D eigenvalue weighted by Crippen LogP contribution is -2.34. The summed E-state index contributed by atoms with van der Waals surface area (Å²) in [5, 5.41) is 12.3. The van der Waals surface area contributed by atoms with Crippen LogP contribution >= 0.6 is 0 Å². The van der Waals surface area contributed by atoms with Crippen LogP contribution < -0.4 is 10.2 Å². The number of H-pyrrole nitrogens is 2. The highest BCUT2D eigenvalue weighted by Gasteiger charge is 2.36. The monoisotopic (exact) mass is 387 g/mol. The fourth-order valence-electron chi connectivity index (χ4n) is 4.05. The van der Waals surface area contributed by atoms with Crippen LogP contribution in [0.5, 0.6) is 0 Å². The van der Waals surface area contributed by atoms with Crippen LogP contribution in [-0.2, 0) is 16.0 Å². The quantitative estimate of drug-likeness (QED) is 0.491. The number of nitrogens with zero attached hydrogens (tertiary/aromatic N) is 2. The molecule has 0 aliphatic carbocycles. The third-order valence-corrected chi connectivity index (χ3v) is 5.57. The average Bonchev–Trinajstić information content (AvgIpc) is 3.45. The van der Waals surface area contributed by atoms with Crippen LogP contribution in [0.15, 0.2) is 54.7 Å². The first-order chi connectivity index (χ1) is 14.2. The van der Waals surface area contributed by atoms with E-state index >= 15 is 0 Å². The standard InChI is InChI=1S/C22H21N5O2/c28-20-11-15(13-27(20)21-17-6-2-4-8-19(17)25-26-21)22(29)23-10-9-14-12-24-18-7-3-1-5-16(14)18/h1-8,12,15,24H,9-11,13H2,(H,23,29)(H,25,26)/t15-/m0/s1. The number of para-hydroxylation sites is 2. The summed E-state index contributed by atoms with van der Waals surface area (Å²) >= 11 is 0. The van der Waals surface area contributed by atoms with Gasteiger partial charge in [-0.05, 0) is 30.2 Å². The highest BCUT2D eigenvalue weighted by Crippen LogP contribution is 2.29. The lowest BCUT2D eigenvalue weighted by molar-refractivity contribution is -0.126. The van der Waals surface area contributed by atoms with Crippen molar-refractivity contribution >= 4 is 39.4 Å². The molecule has 7 heteroatoms. The van der Waals surface area contributed by atoms with Crippen molar-refractivity contribution in [2.75, 3.05) is 18.0 Å². The summed E-state index contributed by atoms with van der Waals surface area (Å²) in [6.07, 6.45) is 2.94. The second-order valence-corrected chi connectivity index (χ2v) is 7.40. The molecule has 7 nitrogen and oxygen atoms in total. The first-order valence-corrected chi connectivity index (χ1v) is 9.77. The van der Waals surface area contributed by atoms with Gasteiger partial charge in [0, 0.05) is 42.0 Å². The van der Waals surface area contributed by atoms with E-state index in [0.717, 1.165) is 22.8 Å². The molecule has 0 bridgehead atoms. The first kappa shape index (κ1) is 17.5. The molecule has 2 amide bonds. The van der Waals surface area contributed by atoms with Crippen molar-refractivity contribution in [2.45, 2.75) is 12.8 Å². The van der Waals surface area contributed by atoms with E-state index in [0.29, 0.717) is 18.9 Å². The Balaban J connectivity index is 1.22. The third-order valence-electron chi connectivity index (χ3n) is 5.57. The molecule has 2 aromatic carbocycles. The Morgan fingerprint density at radius 1 is 1.10 bits per heavy atom. The molecule has 5 rings (SSSR count). The van der Waals surface area contributed by atoms with E-state index in [-0.39, 0.29) is 24.2 Å². The van der Waals surface area contributed by atoms with Crippen LogP contribution in [-0.4, -0.2) is 40.1 Å². The number of hydrogen-bond donors (Lipinski definition) is 3. The number of benzene rings is 2. The van der Waals surface area contributed by atoms with Crippen molar-refractivity contribution in [1.29, 1.82) is 0 Å². The predicted octanol–water partition coefficient (Wildman–Crippen LogP) is 2.76. The molecule has 0 spiro atoms. The predicted molar refractivity (Wildman–Crippen MR) is 112 cm³/mol. The van der Waals surface area contributed by atoms with Gasteiger partial charge >= 0.3 is 0 Å². The molecular formula is C22H21N5O2. The van der Waals surface area contributed by atoms with Gasteiger partial charge in [0.2, 0.25) is 11.8 Å². The molecule has 3 N–H and O–H groups in total. The summed E-state index contributed by atoms with van der Waals surface area (Å²) in [5.41, 5.74) is 3.15. The molecule has 3 heterocycles. The van der Waals surface area contributed by atoms with Crippen molar-refractivity contribution < 1.29 is 9.59 Å². The summed E-state index contributed by atoms with van der Waals surface area (Å²) < 4.78 is 0. The number of fused-ring (bicyclic) bond motifs is 2. The van der Waals surface area contributed by atoms with Gasteiger partial charge in [0.25, 0.3) is 0 Å². The zero-order valence-electron chi connectivity index (χ0n) is 15.8. The minimum absolute atomic E-state index is 0.0703. The molecule has 146 valence electrons. The number of anilines is 1. The minimum Gasteiger partial charge on any atom is -0.361 e. The van der Waals surface area contributed by atoms with E-state index < -0.39 is 0 Å². The number of carbonyl (C=O) groups is 2. The smallest absolute Gasteiger partial charge is 0.229 e. The lowest BCUT2D eigenvalue weighted by Gasteiger charge is -2.14. The van der Waals surface area contributed by atoms with Gasteiger partial charge in [-0.15, -0.1) is 0 Å². The maximum Gasteiger partial charge on any atom is 0.229 e. The van der Waals surface area contributed by atoms with Crippen molar-refractivity contribution in [3.8, 4) is 0 Å². The molecule has 4 aromatic rings. The maximum absolute atomic E-state index is 12.6. The zero-order valence-corrected chi connectivity index (χ0v) is 15.8. The Bertz CT molecular complexity index is 1210. The summed E-state index contributed by atoms with van der Waals surface area (Å²) in [5.74, 6) is 0.0835. The van der Waals surface area contributed by atoms with Gasteiger partial charge in [-0.25, -0.2) is 0 Å². The number of rotatable bonds is 5. The van der Waals surface area contributed by atoms with Gasteiger partial charge in [0.05, 0.1) is 11.4 Å². The van der Waals surface area contributed by atoms with E-state index in [2.05, 4.69) is 26.6 Å². The van der Waals surface area contributed by atoms with Crippen molar-refractivity contribution in [3.05, 3.63) is 60.3 Å². The molecule has 1 atom stereocenters. The summed E-state index contributed by atoms with van der Waals surface area (Å²) in [6.45, 7) is 0.892. The zero-order chi connectivity index (χ0) is 19.8. The van der Waals surface area contributed by atoms with Gasteiger partial charge in [0.15, 0.2) is 5.82 Å². The molecule has 2 aromatic heterocycles. The van der Waals surface area contributed by atoms with E-state index in [1.807, 2.05) is 48.7 Å². The van der Waals surface area contributed by atoms with E-state index in [4.69, 9.17) is 0 Å². The summed E-state index contributed by atoms with van der Waals surface area (Å²) in [6, 6.07) is 15.8. The topological polar surface area (TPSA) is 93.9 Å². The number of amides is 2. The molecule has 1 aliphatic rings. The second-order valence-electron chi connectivity index (χ2n) is 7.40. The highest BCUT2D eigenvalue weighted by atomic mass is 16.2. The Labute approximate surface area is 167 Å². The molecule has 1 saturated heterocycles. The van der Waals surface area contributed by atoms with Crippen LogP contribution in [0.25, 0.3) is 21.8 Å². The second kappa shape index (κ2) is 7.09. The largest absolute Gasteiger partial charge is 0.361 e. The van der Waals surface area contributed by atoms with Crippen molar-refractivity contribution in [3.63, 3.8) is 0 Å². The third kappa shape index (κ3) is 3.14. The Kier molecular flexibility index (Phi) is 4.27. The van der Waals surface area contributed by atoms with Crippen LogP contribution in [0.3, 0.4) is 0 Å². The van der Waals surface area contributed by atoms with Crippen LogP contribution in [0.4, 0.5) is 5.82 Å². The molecule has 0 radical (unpaired) electrons. The maximum atomic E-state index is 12.6. The number of nitrogens with one attached hydrogen (secondary N) is 3. The number of aromatic amines is 2. The van der Waals surface area contributed by atoms with Gasteiger partial charge in [-0.3, -0.25) is 19.6 Å². The molecule has 0 saturated carbocycles. The highest BCUT2D eigenvalue weighted by molar-refractivity contribution is 6.05. The summed E-state index contributed by atoms with van der Waals surface area (Å²) in [7, 11) is 0. The minimum atomic E-state index is -0.360. The molecule has 0 unspecified atom stereocenters. The SMILES string of the molecule is O=C(NCCc1c[nH]c2ccccc12)[C@H]1CC(=O)N(c2n[nH]c3ccccc23)C1. The van der Waals surface area contributed by atoms with Crippen molar-refractivity contribution in [2.24, 2.45) is 5.92 Å². The van der Waals surface area contributed by atoms with Crippen LogP contribution in [0, 0.1) is 5.92 Å². The van der Waals surface area contributed by atoms with E-state index in [1.54, 1.807) is 4.90 Å². The van der Waals surface area contributed by atoms with Crippen LogP contribution in [0.1, 0.15) is 12.0 Å². The lowest BCUT2D eigenvalue weighted by atomic mass is 10.1. The van der Waals surface area contributed by atoms with Gasteiger partial charge < -0.3 is 10.3 Å². The Hall–Kier alpha value is -3.61. The molecule has 1 aliphatic heterocycles. The van der Waals surface area contributed by atoms with E-state index in [9.17, 15) is 9.59 Å². The van der Waals surface area contributed by atoms with Crippen LogP contribution in [0.2, 0.25) is 0 Å². The van der Waals surface area contributed by atoms with E-state index in [1.165, 1.54) is 10.9 Å².